The van der Waals surface area contributed by atoms with Crippen molar-refractivity contribution in [2.75, 3.05) is 27.4 Å². The topological polar surface area (TPSA) is 27.7 Å². The van der Waals surface area contributed by atoms with Crippen molar-refractivity contribution in [1.82, 2.24) is 0 Å². The molecule has 1 heterocycles. The molecule has 0 N–H and O–H groups in total. The second-order valence-electron chi connectivity index (χ2n) is 3.67. The van der Waals surface area contributed by atoms with Gasteiger partial charge >= 0.3 is 0 Å². The largest absolute Gasteiger partial charge is 0.497 e. The minimum Gasteiger partial charge on any atom is -0.497 e. The molecule has 3 heteroatoms. The summed E-state index contributed by atoms with van der Waals surface area (Å²) < 4.78 is 16.0. The molecule has 0 bridgehead atoms. The van der Waals surface area contributed by atoms with Crippen molar-refractivity contribution in [2.24, 2.45) is 0 Å². The first-order valence-corrected chi connectivity index (χ1v) is 5.15. The van der Waals surface area contributed by atoms with E-state index in [1.54, 1.807) is 14.2 Å². The van der Waals surface area contributed by atoms with Crippen molar-refractivity contribution in [2.45, 2.75) is 12.3 Å². The molecule has 1 unspecified atom stereocenters. The highest BCUT2D eigenvalue weighted by atomic mass is 16.5. The maximum atomic E-state index is 5.39. The van der Waals surface area contributed by atoms with Crippen LogP contribution < -0.4 is 9.47 Å². The zero-order valence-corrected chi connectivity index (χ0v) is 9.16. The average molecular weight is 208 g/mol. The molecule has 1 aromatic carbocycles. The van der Waals surface area contributed by atoms with E-state index in [0.29, 0.717) is 5.92 Å². The molecule has 1 fully saturated rings. The number of benzene rings is 1. The number of rotatable bonds is 3. The third-order valence-corrected chi connectivity index (χ3v) is 2.81. The molecule has 1 atom stereocenters. The highest BCUT2D eigenvalue weighted by Crippen LogP contribution is 2.34. The molecule has 1 saturated heterocycles. The standard InChI is InChI=1S/C12H16O3/c1-13-10-3-4-12(14-2)11(7-10)9-5-6-15-8-9/h3-4,7,9H,5-6,8H2,1-2H3. The summed E-state index contributed by atoms with van der Waals surface area (Å²) in [6, 6.07) is 5.91. The Labute approximate surface area is 90.0 Å². The predicted molar refractivity (Wildman–Crippen MR) is 57.7 cm³/mol. The van der Waals surface area contributed by atoms with Gasteiger partial charge in [0.25, 0.3) is 0 Å². The van der Waals surface area contributed by atoms with Crippen LogP contribution in [0.3, 0.4) is 0 Å². The Kier molecular flexibility index (Phi) is 3.11. The number of methoxy groups -OCH3 is 2. The van der Waals surface area contributed by atoms with E-state index in [2.05, 4.69) is 0 Å². The molecule has 0 amide bonds. The van der Waals surface area contributed by atoms with Crippen molar-refractivity contribution in [3.05, 3.63) is 23.8 Å². The Morgan fingerprint density at radius 2 is 2.13 bits per heavy atom. The highest BCUT2D eigenvalue weighted by molar-refractivity contribution is 5.42. The number of ether oxygens (including phenoxy) is 3. The van der Waals surface area contributed by atoms with Crippen LogP contribution >= 0.6 is 0 Å². The van der Waals surface area contributed by atoms with Crippen LogP contribution in [0.2, 0.25) is 0 Å². The lowest BCUT2D eigenvalue weighted by atomic mass is 9.97. The summed E-state index contributed by atoms with van der Waals surface area (Å²) in [4.78, 5) is 0. The summed E-state index contributed by atoms with van der Waals surface area (Å²) >= 11 is 0. The van der Waals surface area contributed by atoms with Crippen LogP contribution in [-0.4, -0.2) is 27.4 Å². The van der Waals surface area contributed by atoms with Gasteiger partial charge in [0.15, 0.2) is 0 Å². The molecule has 0 aromatic heterocycles. The first kappa shape index (κ1) is 10.3. The SMILES string of the molecule is COc1ccc(OC)c(C2CCOC2)c1. The van der Waals surface area contributed by atoms with Gasteiger partial charge in [-0.15, -0.1) is 0 Å². The Bertz CT molecular complexity index is 330. The lowest BCUT2D eigenvalue weighted by Gasteiger charge is -2.14. The molecule has 2 rings (SSSR count). The molecular formula is C12H16O3. The predicted octanol–water partition coefficient (Wildman–Crippen LogP) is 2.21. The van der Waals surface area contributed by atoms with E-state index in [4.69, 9.17) is 14.2 Å². The van der Waals surface area contributed by atoms with E-state index in [0.717, 1.165) is 31.1 Å². The van der Waals surface area contributed by atoms with Gasteiger partial charge in [-0.25, -0.2) is 0 Å². The third kappa shape index (κ3) is 2.07. The highest BCUT2D eigenvalue weighted by Gasteiger charge is 2.21. The van der Waals surface area contributed by atoms with Crippen LogP contribution in [0.5, 0.6) is 11.5 Å². The molecular weight excluding hydrogens is 192 g/mol. The van der Waals surface area contributed by atoms with Gasteiger partial charge in [-0.2, -0.15) is 0 Å². The first-order valence-electron chi connectivity index (χ1n) is 5.15. The van der Waals surface area contributed by atoms with Gasteiger partial charge in [-0.05, 0) is 24.6 Å². The number of hydrogen-bond donors (Lipinski definition) is 0. The van der Waals surface area contributed by atoms with Crippen LogP contribution in [0.25, 0.3) is 0 Å². The van der Waals surface area contributed by atoms with E-state index in [-0.39, 0.29) is 0 Å². The molecule has 15 heavy (non-hydrogen) atoms. The zero-order chi connectivity index (χ0) is 10.7. The molecule has 82 valence electrons. The smallest absolute Gasteiger partial charge is 0.122 e. The number of hydrogen-bond acceptors (Lipinski definition) is 3. The van der Waals surface area contributed by atoms with Gasteiger partial charge in [0, 0.05) is 18.1 Å². The summed E-state index contributed by atoms with van der Waals surface area (Å²) in [5, 5.41) is 0. The summed E-state index contributed by atoms with van der Waals surface area (Å²) in [6.07, 6.45) is 1.06. The fourth-order valence-electron chi connectivity index (χ4n) is 1.94. The molecule has 0 saturated carbocycles. The average Bonchev–Trinajstić information content (AvgIpc) is 2.81. The van der Waals surface area contributed by atoms with Crippen LogP contribution in [0, 0.1) is 0 Å². The van der Waals surface area contributed by atoms with E-state index < -0.39 is 0 Å². The van der Waals surface area contributed by atoms with E-state index in [1.807, 2.05) is 18.2 Å². The molecule has 0 aliphatic carbocycles. The Morgan fingerprint density at radius 1 is 1.27 bits per heavy atom. The summed E-state index contributed by atoms with van der Waals surface area (Å²) in [6.45, 7) is 1.62. The fourth-order valence-corrected chi connectivity index (χ4v) is 1.94. The van der Waals surface area contributed by atoms with Gasteiger partial charge in [-0.3, -0.25) is 0 Å². The fraction of sp³-hybridized carbons (Fsp3) is 0.500. The lowest BCUT2D eigenvalue weighted by molar-refractivity contribution is 0.193. The second kappa shape index (κ2) is 4.53. The third-order valence-electron chi connectivity index (χ3n) is 2.81. The van der Waals surface area contributed by atoms with Gasteiger partial charge < -0.3 is 14.2 Å². The van der Waals surface area contributed by atoms with Crippen molar-refractivity contribution in [3.63, 3.8) is 0 Å². The summed E-state index contributed by atoms with van der Waals surface area (Å²) in [7, 11) is 3.37. The van der Waals surface area contributed by atoms with Crippen molar-refractivity contribution >= 4 is 0 Å². The van der Waals surface area contributed by atoms with Crippen LogP contribution in [0.1, 0.15) is 17.9 Å². The van der Waals surface area contributed by atoms with Gasteiger partial charge in [-0.1, -0.05) is 0 Å². The molecule has 1 aromatic rings. The van der Waals surface area contributed by atoms with E-state index in [9.17, 15) is 0 Å². The van der Waals surface area contributed by atoms with Crippen molar-refractivity contribution < 1.29 is 14.2 Å². The van der Waals surface area contributed by atoms with Gasteiger partial charge in [0.1, 0.15) is 11.5 Å². The lowest BCUT2D eigenvalue weighted by Crippen LogP contribution is -2.01. The molecule has 0 spiro atoms. The maximum Gasteiger partial charge on any atom is 0.122 e. The molecule has 1 aliphatic heterocycles. The van der Waals surface area contributed by atoms with Crippen LogP contribution in [-0.2, 0) is 4.74 Å². The van der Waals surface area contributed by atoms with Crippen LogP contribution in [0.15, 0.2) is 18.2 Å². The van der Waals surface area contributed by atoms with Crippen molar-refractivity contribution in [1.29, 1.82) is 0 Å². The van der Waals surface area contributed by atoms with E-state index in [1.165, 1.54) is 5.56 Å². The summed E-state index contributed by atoms with van der Waals surface area (Å²) in [5.74, 6) is 2.24. The quantitative estimate of drug-likeness (QED) is 0.762. The normalized spacial score (nSPS) is 20.3. The molecule has 0 radical (unpaired) electrons. The van der Waals surface area contributed by atoms with Crippen LogP contribution in [0.4, 0.5) is 0 Å². The minimum absolute atomic E-state index is 0.440. The molecule has 3 nitrogen and oxygen atoms in total. The van der Waals surface area contributed by atoms with Crippen molar-refractivity contribution in [3.8, 4) is 11.5 Å². The monoisotopic (exact) mass is 208 g/mol. The Hall–Kier alpha value is -1.22. The Balaban J connectivity index is 2.32. The molecule has 1 aliphatic rings. The maximum absolute atomic E-state index is 5.39. The van der Waals surface area contributed by atoms with Gasteiger partial charge in [0.05, 0.1) is 20.8 Å². The van der Waals surface area contributed by atoms with Gasteiger partial charge in [0.2, 0.25) is 0 Å². The summed E-state index contributed by atoms with van der Waals surface area (Å²) in [5.41, 5.74) is 1.19. The Morgan fingerprint density at radius 3 is 2.73 bits per heavy atom. The minimum atomic E-state index is 0.440. The zero-order valence-electron chi connectivity index (χ0n) is 9.16. The van der Waals surface area contributed by atoms with E-state index >= 15 is 0 Å². The first-order chi connectivity index (χ1) is 7.35. The second-order valence-corrected chi connectivity index (χ2v) is 3.67.